The Bertz CT molecular complexity index is 766. The number of anilines is 1. The van der Waals surface area contributed by atoms with Crippen LogP contribution in [0, 0.1) is 0 Å². The summed E-state index contributed by atoms with van der Waals surface area (Å²) in [6.07, 6.45) is 1.51. The second-order valence-corrected chi connectivity index (χ2v) is 5.88. The van der Waals surface area contributed by atoms with Gasteiger partial charge in [0.2, 0.25) is 5.43 Å². The number of H-pyrrole nitrogens is 1. The van der Waals surface area contributed by atoms with Crippen molar-refractivity contribution < 1.29 is 4.79 Å². The van der Waals surface area contributed by atoms with E-state index in [0.29, 0.717) is 29.0 Å². The summed E-state index contributed by atoms with van der Waals surface area (Å²) in [6, 6.07) is 4.75. The lowest BCUT2D eigenvalue weighted by Gasteiger charge is -2.32. The van der Waals surface area contributed by atoms with Gasteiger partial charge in [-0.25, -0.2) is 4.79 Å². The Morgan fingerprint density at radius 1 is 1.27 bits per heavy atom. The van der Waals surface area contributed by atoms with E-state index in [0.717, 1.165) is 13.1 Å². The molecule has 7 heteroatoms. The van der Waals surface area contributed by atoms with Gasteiger partial charge in [-0.2, -0.15) is 0 Å². The topological polar surface area (TPSA) is 68.4 Å². The number of piperazine rings is 1. The molecule has 0 atom stereocenters. The molecule has 3 rings (SSSR count). The van der Waals surface area contributed by atoms with E-state index in [-0.39, 0.29) is 17.1 Å². The van der Waals surface area contributed by atoms with Crippen LogP contribution in [0.1, 0.15) is 0 Å². The molecule has 0 bridgehead atoms. The Labute approximate surface area is 132 Å². The number of carbonyl (C=O) groups is 1. The highest BCUT2D eigenvalue weighted by molar-refractivity contribution is 6.31. The van der Waals surface area contributed by atoms with Crippen molar-refractivity contribution in [3.8, 4) is 0 Å². The van der Waals surface area contributed by atoms with Crippen LogP contribution in [0.25, 0.3) is 10.9 Å². The Balaban J connectivity index is 1.82. The first kappa shape index (κ1) is 14.9. The number of urea groups is 1. The number of hydrogen-bond donors (Lipinski definition) is 2. The predicted molar refractivity (Wildman–Crippen MR) is 87.7 cm³/mol. The fourth-order valence-corrected chi connectivity index (χ4v) is 2.66. The van der Waals surface area contributed by atoms with Crippen molar-refractivity contribution in [1.29, 1.82) is 0 Å². The van der Waals surface area contributed by atoms with Crippen LogP contribution in [0.4, 0.5) is 10.5 Å². The fraction of sp³-hybridized carbons (Fsp3) is 0.333. The first-order valence-corrected chi connectivity index (χ1v) is 7.48. The van der Waals surface area contributed by atoms with E-state index in [2.05, 4.69) is 15.2 Å². The molecule has 2 heterocycles. The van der Waals surface area contributed by atoms with E-state index < -0.39 is 0 Å². The average molecular weight is 321 g/mol. The summed E-state index contributed by atoms with van der Waals surface area (Å²) < 4.78 is 0. The standard InChI is InChI=1S/C15H17ClN4O2/c1-19-4-6-20(7-5-19)15(22)18-13-9-17-12-8-10(16)2-3-11(12)14(13)21/h2-3,8-9H,4-7H2,1H3,(H,17,21)(H,18,22). The molecule has 1 saturated heterocycles. The van der Waals surface area contributed by atoms with E-state index in [9.17, 15) is 9.59 Å². The van der Waals surface area contributed by atoms with Crippen molar-refractivity contribution in [2.24, 2.45) is 0 Å². The van der Waals surface area contributed by atoms with Gasteiger partial charge in [0.15, 0.2) is 0 Å². The third-order valence-corrected chi connectivity index (χ3v) is 4.11. The summed E-state index contributed by atoms with van der Waals surface area (Å²) in [4.78, 5) is 31.5. The lowest BCUT2D eigenvalue weighted by atomic mass is 10.2. The number of nitrogens with one attached hydrogen (secondary N) is 2. The third-order valence-electron chi connectivity index (χ3n) is 3.87. The monoisotopic (exact) mass is 320 g/mol. The summed E-state index contributed by atoms with van der Waals surface area (Å²) in [5, 5.41) is 3.75. The number of rotatable bonds is 1. The minimum Gasteiger partial charge on any atom is -0.359 e. The first-order chi connectivity index (χ1) is 10.5. The van der Waals surface area contributed by atoms with Gasteiger partial charge in [-0.3, -0.25) is 4.79 Å². The molecule has 6 nitrogen and oxygen atoms in total. The van der Waals surface area contributed by atoms with Crippen LogP contribution in [0.15, 0.2) is 29.2 Å². The maximum absolute atomic E-state index is 12.4. The van der Waals surface area contributed by atoms with Crippen molar-refractivity contribution in [2.45, 2.75) is 0 Å². The Kier molecular flexibility index (Phi) is 4.04. The molecule has 1 aliphatic rings. The maximum atomic E-state index is 12.4. The van der Waals surface area contributed by atoms with Gasteiger partial charge in [0.25, 0.3) is 0 Å². The Hall–Kier alpha value is -2.05. The molecule has 22 heavy (non-hydrogen) atoms. The van der Waals surface area contributed by atoms with Crippen molar-refractivity contribution >= 4 is 34.2 Å². The van der Waals surface area contributed by atoms with E-state index in [1.807, 2.05) is 7.05 Å². The van der Waals surface area contributed by atoms with Crippen molar-refractivity contribution in [1.82, 2.24) is 14.8 Å². The van der Waals surface area contributed by atoms with E-state index in [4.69, 9.17) is 11.6 Å². The second-order valence-electron chi connectivity index (χ2n) is 5.44. The number of halogens is 1. The second kappa shape index (κ2) is 5.98. The molecule has 1 aromatic carbocycles. The Morgan fingerprint density at radius 2 is 2.00 bits per heavy atom. The van der Waals surface area contributed by atoms with Crippen LogP contribution >= 0.6 is 11.6 Å². The average Bonchev–Trinajstić information content (AvgIpc) is 2.50. The smallest absolute Gasteiger partial charge is 0.322 e. The van der Waals surface area contributed by atoms with Crippen LogP contribution < -0.4 is 10.7 Å². The maximum Gasteiger partial charge on any atom is 0.322 e. The largest absolute Gasteiger partial charge is 0.359 e. The summed E-state index contributed by atoms with van der Waals surface area (Å²) in [5.41, 5.74) is 0.682. The van der Waals surface area contributed by atoms with Gasteiger partial charge in [0, 0.05) is 42.8 Å². The number of hydrogen-bond acceptors (Lipinski definition) is 3. The van der Waals surface area contributed by atoms with Crippen molar-refractivity contribution in [3.05, 3.63) is 39.6 Å². The molecule has 0 unspecified atom stereocenters. The van der Waals surface area contributed by atoms with E-state index in [1.165, 1.54) is 6.20 Å². The molecule has 1 fully saturated rings. The quantitative estimate of drug-likeness (QED) is 0.844. The zero-order valence-corrected chi connectivity index (χ0v) is 13.0. The number of amides is 2. The number of aromatic amines is 1. The molecule has 2 aromatic rings. The first-order valence-electron chi connectivity index (χ1n) is 7.10. The summed E-state index contributed by atoms with van der Waals surface area (Å²) in [6.45, 7) is 2.98. The lowest BCUT2D eigenvalue weighted by molar-refractivity contribution is 0.164. The predicted octanol–water partition coefficient (Wildman–Crippen LogP) is 1.96. The number of aromatic nitrogens is 1. The van der Waals surface area contributed by atoms with Gasteiger partial charge in [-0.1, -0.05) is 11.6 Å². The lowest BCUT2D eigenvalue weighted by Crippen LogP contribution is -2.48. The van der Waals surface area contributed by atoms with Gasteiger partial charge in [-0.05, 0) is 25.2 Å². The van der Waals surface area contributed by atoms with Crippen LogP contribution in [0.3, 0.4) is 0 Å². The highest BCUT2D eigenvalue weighted by Crippen LogP contribution is 2.16. The summed E-state index contributed by atoms with van der Waals surface area (Å²) in [5.74, 6) is 0. The van der Waals surface area contributed by atoms with Crippen molar-refractivity contribution in [3.63, 3.8) is 0 Å². The number of likely N-dealkylation sites (N-methyl/N-ethyl adjacent to an activating group) is 1. The van der Waals surface area contributed by atoms with Crippen LogP contribution in [0.2, 0.25) is 5.02 Å². The fourth-order valence-electron chi connectivity index (χ4n) is 2.49. The van der Waals surface area contributed by atoms with E-state index in [1.54, 1.807) is 23.1 Å². The number of carbonyl (C=O) groups excluding carboxylic acids is 1. The molecule has 0 radical (unpaired) electrons. The number of fused-ring (bicyclic) bond motifs is 1. The molecule has 1 aliphatic heterocycles. The molecule has 0 saturated carbocycles. The van der Waals surface area contributed by atoms with Gasteiger partial charge in [-0.15, -0.1) is 0 Å². The van der Waals surface area contributed by atoms with Crippen LogP contribution in [0.5, 0.6) is 0 Å². The Morgan fingerprint density at radius 3 is 2.73 bits per heavy atom. The van der Waals surface area contributed by atoms with Gasteiger partial charge < -0.3 is 20.1 Å². The molecular weight excluding hydrogens is 304 g/mol. The molecule has 2 amide bonds. The zero-order valence-electron chi connectivity index (χ0n) is 12.2. The number of nitrogens with zero attached hydrogens (tertiary/aromatic N) is 2. The molecule has 116 valence electrons. The number of benzene rings is 1. The number of pyridine rings is 1. The normalized spacial score (nSPS) is 16.0. The molecule has 0 spiro atoms. The third kappa shape index (κ3) is 2.93. The molecule has 0 aliphatic carbocycles. The minimum absolute atomic E-state index is 0.215. The minimum atomic E-state index is -0.244. The van der Waals surface area contributed by atoms with Gasteiger partial charge in [0.05, 0.1) is 5.52 Å². The zero-order chi connectivity index (χ0) is 15.7. The van der Waals surface area contributed by atoms with Crippen molar-refractivity contribution in [2.75, 3.05) is 38.5 Å². The SMILES string of the molecule is CN1CCN(C(=O)Nc2c[nH]c3cc(Cl)ccc3c2=O)CC1. The van der Waals surface area contributed by atoms with Gasteiger partial charge >= 0.3 is 6.03 Å². The molecule has 1 aromatic heterocycles. The van der Waals surface area contributed by atoms with Crippen LogP contribution in [-0.4, -0.2) is 54.0 Å². The van der Waals surface area contributed by atoms with Crippen LogP contribution in [-0.2, 0) is 0 Å². The van der Waals surface area contributed by atoms with Gasteiger partial charge in [0.1, 0.15) is 5.69 Å². The van der Waals surface area contributed by atoms with E-state index >= 15 is 0 Å². The molecule has 2 N–H and O–H groups in total. The summed E-state index contributed by atoms with van der Waals surface area (Å²) >= 11 is 5.91. The highest BCUT2D eigenvalue weighted by atomic mass is 35.5. The molecular formula is C15H17ClN4O2. The highest BCUT2D eigenvalue weighted by Gasteiger charge is 2.20. The summed E-state index contributed by atoms with van der Waals surface area (Å²) in [7, 11) is 2.02.